The van der Waals surface area contributed by atoms with Gasteiger partial charge in [0, 0.05) is 0 Å². The SMILES string of the molecule is CCCC1CCC(c2ccc(OCCCCCC[SiH2]I)cc2)CC1. The average Bonchev–Trinajstić information content (AvgIpc) is 2.62. The smallest absolute Gasteiger partial charge is 0.119 e. The summed E-state index contributed by atoms with van der Waals surface area (Å²) in [5, 5.41) is 0. The van der Waals surface area contributed by atoms with Crippen molar-refractivity contribution >= 4 is 28.8 Å². The van der Waals surface area contributed by atoms with Gasteiger partial charge in [0.25, 0.3) is 0 Å². The van der Waals surface area contributed by atoms with Crippen molar-refractivity contribution in [2.45, 2.75) is 83.1 Å². The summed E-state index contributed by atoms with van der Waals surface area (Å²) in [6.45, 7) is 3.19. The second-order valence-corrected chi connectivity index (χ2v) is 11.7. The Morgan fingerprint density at radius 3 is 2.38 bits per heavy atom. The molecule has 0 aromatic heterocycles. The van der Waals surface area contributed by atoms with Crippen molar-refractivity contribution in [1.82, 2.24) is 0 Å². The molecule has 1 aromatic rings. The van der Waals surface area contributed by atoms with Gasteiger partial charge >= 0.3 is 0 Å². The highest BCUT2D eigenvalue weighted by Crippen LogP contribution is 2.37. The number of hydrogen-bond donors (Lipinski definition) is 0. The molecule has 1 aromatic carbocycles. The lowest BCUT2D eigenvalue weighted by Gasteiger charge is -2.28. The van der Waals surface area contributed by atoms with Crippen LogP contribution in [0, 0.1) is 5.92 Å². The molecule has 2 rings (SSSR count). The predicted molar refractivity (Wildman–Crippen MR) is 117 cm³/mol. The number of hydrogen-bond acceptors (Lipinski definition) is 1. The molecule has 1 nitrogen and oxygen atoms in total. The maximum atomic E-state index is 5.91. The van der Waals surface area contributed by atoms with Gasteiger partial charge in [-0.3, -0.25) is 0 Å². The van der Waals surface area contributed by atoms with Gasteiger partial charge in [0.2, 0.25) is 0 Å². The summed E-state index contributed by atoms with van der Waals surface area (Å²) in [7, 11) is 0.253. The van der Waals surface area contributed by atoms with Crippen LogP contribution in [0.25, 0.3) is 0 Å². The Morgan fingerprint density at radius 2 is 1.71 bits per heavy atom. The molecular formula is C21H35IOSi. The minimum atomic E-state index is 0.253. The van der Waals surface area contributed by atoms with Gasteiger partial charge < -0.3 is 4.74 Å². The van der Waals surface area contributed by atoms with E-state index >= 15 is 0 Å². The molecule has 0 heterocycles. The van der Waals surface area contributed by atoms with Crippen LogP contribution < -0.4 is 4.74 Å². The number of unbranched alkanes of at least 4 members (excludes halogenated alkanes) is 3. The van der Waals surface area contributed by atoms with Crippen LogP contribution in [0.3, 0.4) is 0 Å². The van der Waals surface area contributed by atoms with Gasteiger partial charge in [-0.2, -0.15) is 0 Å². The topological polar surface area (TPSA) is 9.23 Å². The Kier molecular flexibility index (Phi) is 10.4. The highest BCUT2D eigenvalue weighted by Gasteiger charge is 2.21. The summed E-state index contributed by atoms with van der Waals surface area (Å²) in [4.78, 5) is 0. The summed E-state index contributed by atoms with van der Waals surface area (Å²) in [6, 6.07) is 10.5. The van der Waals surface area contributed by atoms with E-state index < -0.39 is 0 Å². The Labute approximate surface area is 164 Å². The Bertz CT molecular complexity index is 426. The van der Waals surface area contributed by atoms with Crippen LogP contribution >= 0.6 is 21.8 Å². The van der Waals surface area contributed by atoms with Crippen LogP contribution in [0.2, 0.25) is 6.04 Å². The molecule has 3 heteroatoms. The highest BCUT2D eigenvalue weighted by molar-refractivity contribution is 14.1. The van der Waals surface area contributed by atoms with Gasteiger partial charge in [0.15, 0.2) is 0 Å². The van der Waals surface area contributed by atoms with Crippen molar-refractivity contribution in [3.63, 3.8) is 0 Å². The first-order chi connectivity index (χ1) is 11.8. The van der Waals surface area contributed by atoms with E-state index in [2.05, 4.69) is 53.0 Å². The summed E-state index contributed by atoms with van der Waals surface area (Å²) in [5.74, 6) is 2.83. The zero-order valence-corrected chi connectivity index (χ0v) is 19.0. The molecule has 1 fully saturated rings. The summed E-state index contributed by atoms with van der Waals surface area (Å²) in [6.07, 6.45) is 13.7. The number of halogens is 1. The second-order valence-electron chi connectivity index (χ2n) is 7.38. The molecule has 0 spiro atoms. The molecule has 0 amide bonds. The van der Waals surface area contributed by atoms with Crippen molar-refractivity contribution in [3.8, 4) is 5.75 Å². The molecule has 1 aliphatic rings. The standard InChI is InChI=1S/C21H35IOSi/c1-2-7-18-8-10-19(11-9-18)20-12-14-21(15-13-20)23-16-5-3-4-6-17-24-22/h12-15,18-19H,2-11,16-17,24H2,1H3. The third kappa shape index (κ3) is 7.47. The van der Waals surface area contributed by atoms with Crippen LogP contribution in [-0.2, 0) is 0 Å². The normalized spacial score (nSPS) is 21.4. The van der Waals surface area contributed by atoms with Gasteiger partial charge in [-0.15, -0.1) is 21.8 Å². The van der Waals surface area contributed by atoms with Gasteiger partial charge in [0.05, 0.1) is 13.6 Å². The first-order valence-electron chi connectivity index (χ1n) is 10.1. The monoisotopic (exact) mass is 458 g/mol. The van der Waals surface area contributed by atoms with E-state index in [1.54, 1.807) is 0 Å². The Balaban J connectivity index is 1.64. The van der Waals surface area contributed by atoms with Gasteiger partial charge in [0.1, 0.15) is 5.75 Å². The molecule has 1 aliphatic carbocycles. The highest BCUT2D eigenvalue weighted by atomic mass is 127. The van der Waals surface area contributed by atoms with Crippen LogP contribution in [0.4, 0.5) is 0 Å². The molecular weight excluding hydrogens is 423 g/mol. The fourth-order valence-electron chi connectivity index (χ4n) is 3.95. The van der Waals surface area contributed by atoms with Crippen molar-refractivity contribution in [1.29, 1.82) is 0 Å². The fourth-order valence-corrected chi connectivity index (χ4v) is 6.11. The lowest BCUT2D eigenvalue weighted by molar-refractivity contribution is 0.302. The molecule has 1 saturated carbocycles. The molecule has 0 saturated heterocycles. The third-order valence-electron chi connectivity index (χ3n) is 5.44. The van der Waals surface area contributed by atoms with E-state index in [1.807, 2.05) is 0 Å². The largest absolute Gasteiger partial charge is 0.494 e. The second kappa shape index (κ2) is 12.3. The summed E-state index contributed by atoms with van der Waals surface area (Å²) >= 11 is 2.60. The zero-order valence-electron chi connectivity index (χ0n) is 15.4. The molecule has 136 valence electrons. The Hall–Kier alpha value is -0.0331. The van der Waals surface area contributed by atoms with Crippen molar-refractivity contribution < 1.29 is 4.74 Å². The quantitative estimate of drug-likeness (QED) is 0.156. The molecule has 24 heavy (non-hydrogen) atoms. The van der Waals surface area contributed by atoms with Crippen LogP contribution in [0.1, 0.15) is 82.6 Å². The minimum Gasteiger partial charge on any atom is -0.494 e. The molecule has 0 aliphatic heterocycles. The minimum absolute atomic E-state index is 0.253. The van der Waals surface area contributed by atoms with Crippen molar-refractivity contribution in [2.75, 3.05) is 6.61 Å². The average molecular weight is 458 g/mol. The number of benzene rings is 1. The summed E-state index contributed by atoms with van der Waals surface area (Å²) < 4.78 is 5.91. The first-order valence-corrected chi connectivity index (χ1v) is 16.2. The number of rotatable bonds is 11. The maximum absolute atomic E-state index is 5.91. The van der Waals surface area contributed by atoms with Crippen molar-refractivity contribution in [2.24, 2.45) is 5.92 Å². The molecule has 0 radical (unpaired) electrons. The van der Waals surface area contributed by atoms with Crippen LogP contribution in [0.15, 0.2) is 24.3 Å². The molecule has 0 unspecified atom stereocenters. The fraction of sp³-hybridized carbons (Fsp3) is 0.714. The van der Waals surface area contributed by atoms with Gasteiger partial charge in [-0.05, 0) is 61.6 Å². The van der Waals surface area contributed by atoms with Gasteiger partial charge in [-0.25, -0.2) is 0 Å². The maximum Gasteiger partial charge on any atom is 0.119 e. The van der Waals surface area contributed by atoms with E-state index in [4.69, 9.17) is 4.74 Å². The van der Waals surface area contributed by atoms with Crippen LogP contribution in [-0.4, -0.2) is 13.6 Å². The van der Waals surface area contributed by atoms with Crippen LogP contribution in [0.5, 0.6) is 5.75 Å². The van der Waals surface area contributed by atoms with Crippen molar-refractivity contribution in [3.05, 3.63) is 29.8 Å². The Morgan fingerprint density at radius 1 is 1.00 bits per heavy atom. The molecule has 0 atom stereocenters. The van der Waals surface area contributed by atoms with Gasteiger partial charge in [-0.1, -0.05) is 57.2 Å². The van der Waals surface area contributed by atoms with E-state index in [-0.39, 0.29) is 7.02 Å². The number of ether oxygens (including phenoxy) is 1. The van der Waals surface area contributed by atoms with E-state index in [0.29, 0.717) is 0 Å². The van der Waals surface area contributed by atoms with E-state index in [0.717, 1.165) is 24.2 Å². The lowest BCUT2D eigenvalue weighted by Crippen LogP contribution is -2.13. The molecule has 0 N–H and O–H groups in total. The van der Waals surface area contributed by atoms with E-state index in [9.17, 15) is 0 Å². The predicted octanol–water partition coefficient (Wildman–Crippen LogP) is 6.64. The molecule has 0 bridgehead atoms. The first kappa shape index (κ1) is 20.3. The van der Waals surface area contributed by atoms with E-state index in [1.165, 1.54) is 75.8 Å². The lowest BCUT2D eigenvalue weighted by atomic mass is 9.77. The summed E-state index contributed by atoms with van der Waals surface area (Å²) in [5.41, 5.74) is 1.53. The zero-order chi connectivity index (χ0) is 17.0. The third-order valence-corrected chi connectivity index (χ3v) is 8.50.